The van der Waals surface area contributed by atoms with Gasteiger partial charge in [0.1, 0.15) is 5.75 Å². The lowest BCUT2D eigenvalue weighted by Gasteiger charge is -2.43. The Morgan fingerprint density at radius 2 is 1.85 bits per heavy atom. The third-order valence-electron chi connectivity index (χ3n) is 7.26. The molecule has 3 heterocycles. The quantitative estimate of drug-likeness (QED) is 0.657. The van der Waals surface area contributed by atoms with Crippen LogP contribution in [0.4, 0.5) is 5.95 Å². The third-order valence-corrected chi connectivity index (χ3v) is 7.26. The Balaban J connectivity index is 1.20. The van der Waals surface area contributed by atoms with E-state index in [9.17, 15) is 4.79 Å². The van der Waals surface area contributed by atoms with Gasteiger partial charge in [0.15, 0.2) is 0 Å². The van der Waals surface area contributed by atoms with Crippen molar-refractivity contribution in [1.29, 1.82) is 0 Å². The number of anilines is 1. The Bertz CT molecular complexity index is 1010. The molecule has 0 spiro atoms. The average Bonchev–Trinajstić information content (AvgIpc) is 3.04. The highest BCUT2D eigenvalue weighted by Gasteiger charge is 2.29. The smallest absolute Gasteiger partial charge is 0.246 e. The van der Waals surface area contributed by atoms with Crippen molar-refractivity contribution in [2.75, 3.05) is 51.3 Å². The van der Waals surface area contributed by atoms with Gasteiger partial charge in [-0.25, -0.2) is 9.97 Å². The highest BCUT2D eigenvalue weighted by molar-refractivity contribution is 5.92. The number of carbonyl (C=O) groups excluding carboxylic acids is 1. The van der Waals surface area contributed by atoms with Crippen molar-refractivity contribution in [2.45, 2.75) is 38.1 Å². The molecule has 3 aliphatic rings. The normalized spacial score (nSPS) is 19.8. The highest BCUT2D eigenvalue weighted by Crippen LogP contribution is 2.26. The van der Waals surface area contributed by atoms with Crippen LogP contribution in [0, 0.1) is 0 Å². The molecule has 2 fully saturated rings. The average molecular weight is 448 g/mol. The Labute approximate surface area is 196 Å². The predicted molar refractivity (Wildman–Crippen MR) is 129 cm³/mol. The molecule has 1 saturated heterocycles. The molecule has 1 aliphatic carbocycles. The van der Waals surface area contributed by atoms with Crippen LogP contribution in [0.3, 0.4) is 0 Å². The number of ether oxygens (including phenoxy) is 1. The van der Waals surface area contributed by atoms with Gasteiger partial charge in [0, 0.05) is 69.6 Å². The van der Waals surface area contributed by atoms with E-state index in [2.05, 4.69) is 9.80 Å². The summed E-state index contributed by atoms with van der Waals surface area (Å²) >= 11 is 0. The van der Waals surface area contributed by atoms with E-state index in [-0.39, 0.29) is 5.91 Å². The van der Waals surface area contributed by atoms with Crippen LogP contribution in [0.5, 0.6) is 5.75 Å². The maximum Gasteiger partial charge on any atom is 0.246 e. The van der Waals surface area contributed by atoms with Crippen LogP contribution >= 0.6 is 0 Å². The van der Waals surface area contributed by atoms with E-state index in [1.54, 1.807) is 13.2 Å². The summed E-state index contributed by atoms with van der Waals surface area (Å²) in [5.74, 6) is 1.63. The molecule has 1 aromatic heterocycles. The number of rotatable bonds is 5. The zero-order valence-corrected chi connectivity index (χ0v) is 19.4. The first-order chi connectivity index (χ1) is 16.2. The zero-order chi connectivity index (χ0) is 22.6. The lowest BCUT2D eigenvalue weighted by molar-refractivity contribution is -0.125. The molecule has 33 heavy (non-hydrogen) atoms. The van der Waals surface area contributed by atoms with Crippen molar-refractivity contribution in [3.63, 3.8) is 0 Å². The third kappa shape index (κ3) is 4.88. The Kier molecular flexibility index (Phi) is 6.58. The van der Waals surface area contributed by atoms with E-state index in [1.807, 2.05) is 41.4 Å². The Morgan fingerprint density at radius 1 is 1.06 bits per heavy atom. The monoisotopic (exact) mass is 447 g/mol. The summed E-state index contributed by atoms with van der Waals surface area (Å²) in [6.45, 7) is 5.55. The number of piperazine rings is 1. The SMILES string of the molecule is COc1ccccc1/C=C/C(=O)N1CCc2cnc(N3CCN(C4CCC4)CC3)nc2CC1. The lowest BCUT2D eigenvalue weighted by atomic mass is 9.91. The first-order valence-corrected chi connectivity index (χ1v) is 12.1. The number of para-hydroxylation sites is 1. The Hall–Kier alpha value is -2.93. The Morgan fingerprint density at radius 3 is 2.61 bits per heavy atom. The maximum absolute atomic E-state index is 12.9. The number of nitrogens with zero attached hydrogens (tertiary/aromatic N) is 5. The topological polar surface area (TPSA) is 61.8 Å². The maximum atomic E-state index is 12.9. The van der Waals surface area contributed by atoms with Crippen molar-refractivity contribution < 1.29 is 9.53 Å². The van der Waals surface area contributed by atoms with Gasteiger partial charge in [-0.3, -0.25) is 9.69 Å². The van der Waals surface area contributed by atoms with Crippen LogP contribution in [0.2, 0.25) is 0 Å². The molecule has 1 saturated carbocycles. The standard InChI is InChI=1S/C26H33N5O2/c1-33-24-8-3-2-5-20(24)9-10-25(32)30-13-11-21-19-27-26(28-23(21)12-14-30)31-17-15-29(16-18-31)22-6-4-7-22/h2-3,5,8-10,19,22H,4,6-7,11-18H2,1H3/b10-9+. The number of methoxy groups -OCH3 is 1. The molecule has 0 atom stereocenters. The minimum atomic E-state index is 0.0222. The number of benzene rings is 1. The van der Waals surface area contributed by atoms with Gasteiger partial charge in [-0.05, 0) is 37.0 Å². The fourth-order valence-electron chi connectivity index (χ4n) is 4.95. The summed E-state index contributed by atoms with van der Waals surface area (Å²) in [6.07, 6.45) is 11.1. The van der Waals surface area contributed by atoms with Gasteiger partial charge in [-0.2, -0.15) is 0 Å². The van der Waals surface area contributed by atoms with Crippen molar-refractivity contribution in [2.24, 2.45) is 0 Å². The summed E-state index contributed by atoms with van der Waals surface area (Å²) in [5, 5.41) is 0. The molecule has 0 radical (unpaired) electrons. The summed E-state index contributed by atoms with van der Waals surface area (Å²) in [6, 6.07) is 8.52. The molecule has 2 aromatic rings. The molecule has 0 bridgehead atoms. The molecular formula is C26H33N5O2. The van der Waals surface area contributed by atoms with Gasteiger partial charge in [0.25, 0.3) is 0 Å². The molecule has 5 rings (SSSR count). The number of hydrogen-bond acceptors (Lipinski definition) is 6. The number of amides is 1. The molecule has 1 aromatic carbocycles. The van der Waals surface area contributed by atoms with E-state index in [0.717, 1.165) is 73.6 Å². The summed E-state index contributed by atoms with van der Waals surface area (Å²) in [5.41, 5.74) is 3.15. The number of carbonyl (C=O) groups is 1. The van der Waals surface area contributed by atoms with E-state index in [4.69, 9.17) is 14.7 Å². The second-order valence-electron chi connectivity index (χ2n) is 9.15. The molecule has 2 aliphatic heterocycles. The van der Waals surface area contributed by atoms with E-state index >= 15 is 0 Å². The molecule has 0 unspecified atom stereocenters. The summed E-state index contributed by atoms with van der Waals surface area (Å²) in [7, 11) is 1.64. The summed E-state index contributed by atoms with van der Waals surface area (Å²) < 4.78 is 5.37. The fraction of sp³-hybridized carbons (Fsp3) is 0.500. The fourth-order valence-corrected chi connectivity index (χ4v) is 4.95. The molecule has 1 amide bonds. The van der Waals surface area contributed by atoms with E-state index in [0.29, 0.717) is 13.1 Å². The summed E-state index contributed by atoms with van der Waals surface area (Å²) in [4.78, 5) is 29.3. The van der Waals surface area contributed by atoms with Crippen molar-refractivity contribution in [1.82, 2.24) is 19.8 Å². The van der Waals surface area contributed by atoms with Crippen LogP contribution in [-0.2, 0) is 17.6 Å². The zero-order valence-electron chi connectivity index (χ0n) is 19.4. The van der Waals surface area contributed by atoms with Gasteiger partial charge in [-0.1, -0.05) is 24.6 Å². The largest absolute Gasteiger partial charge is 0.496 e. The van der Waals surface area contributed by atoms with Gasteiger partial charge in [0.05, 0.1) is 12.8 Å². The van der Waals surface area contributed by atoms with Crippen LogP contribution < -0.4 is 9.64 Å². The molecular weight excluding hydrogens is 414 g/mol. The van der Waals surface area contributed by atoms with Crippen LogP contribution in [0.1, 0.15) is 36.1 Å². The minimum absolute atomic E-state index is 0.0222. The number of aromatic nitrogens is 2. The van der Waals surface area contributed by atoms with Crippen LogP contribution in [0.15, 0.2) is 36.5 Å². The minimum Gasteiger partial charge on any atom is -0.496 e. The van der Waals surface area contributed by atoms with Gasteiger partial charge in [0.2, 0.25) is 11.9 Å². The van der Waals surface area contributed by atoms with Gasteiger partial charge in [-0.15, -0.1) is 0 Å². The first-order valence-electron chi connectivity index (χ1n) is 12.1. The molecule has 7 heteroatoms. The van der Waals surface area contributed by atoms with Crippen LogP contribution in [0.25, 0.3) is 6.08 Å². The molecule has 174 valence electrons. The number of hydrogen-bond donors (Lipinski definition) is 0. The highest BCUT2D eigenvalue weighted by atomic mass is 16.5. The van der Waals surface area contributed by atoms with E-state index in [1.165, 1.54) is 19.3 Å². The van der Waals surface area contributed by atoms with Crippen molar-refractivity contribution in [3.05, 3.63) is 53.4 Å². The van der Waals surface area contributed by atoms with Crippen molar-refractivity contribution >= 4 is 17.9 Å². The predicted octanol–water partition coefficient (Wildman–Crippen LogP) is 2.80. The van der Waals surface area contributed by atoms with Crippen molar-refractivity contribution in [3.8, 4) is 5.75 Å². The van der Waals surface area contributed by atoms with E-state index < -0.39 is 0 Å². The molecule has 0 N–H and O–H groups in total. The lowest BCUT2D eigenvalue weighted by Crippen LogP contribution is -2.52. The number of fused-ring (bicyclic) bond motifs is 1. The second-order valence-corrected chi connectivity index (χ2v) is 9.15. The second kappa shape index (κ2) is 9.91. The van der Waals surface area contributed by atoms with Gasteiger partial charge >= 0.3 is 0 Å². The molecule has 7 nitrogen and oxygen atoms in total. The van der Waals surface area contributed by atoms with Gasteiger partial charge < -0.3 is 14.5 Å². The first kappa shape index (κ1) is 21.9. The van der Waals surface area contributed by atoms with Crippen LogP contribution in [-0.4, -0.2) is 78.1 Å².